The predicted molar refractivity (Wildman–Crippen MR) is 61.1 cm³/mol. The third-order valence-electron chi connectivity index (χ3n) is 2.44. The Morgan fingerprint density at radius 3 is 3.00 bits per heavy atom. The molecule has 0 bridgehead atoms. The second-order valence-corrected chi connectivity index (χ2v) is 4.03. The summed E-state index contributed by atoms with van der Waals surface area (Å²) in [6.45, 7) is 2.02. The number of aliphatic hydroxyl groups is 1. The largest absolute Gasteiger partial charge is 0.393 e. The SMILES string of the molecule is CCCC(O)Cc1nc(-c2ccn(C)n2)no1. The summed E-state index contributed by atoms with van der Waals surface area (Å²) in [7, 11) is 1.83. The molecule has 2 heterocycles. The monoisotopic (exact) mass is 236 g/mol. The van der Waals surface area contributed by atoms with Gasteiger partial charge in [-0.2, -0.15) is 10.1 Å². The number of aliphatic hydroxyl groups excluding tert-OH is 1. The van der Waals surface area contributed by atoms with Crippen molar-refractivity contribution in [3.8, 4) is 11.5 Å². The third kappa shape index (κ3) is 2.91. The third-order valence-corrected chi connectivity index (χ3v) is 2.44. The first kappa shape index (κ1) is 11.8. The van der Waals surface area contributed by atoms with E-state index in [-0.39, 0.29) is 0 Å². The summed E-state index contributed by atoms with van der Waals surface area (Å²) in [4.78, 5) is 4.20. The fourth-order valence-corrected chi connectivity index (χ4v) is 1.61. The molecule has 0 aliphatic rings. The van der Waals surface area contributed by atoms with Crippen molar-refractivity contribution in [3.63, 3.8) is 0 Å². The van der Waals surface area contributed by atoms with Gasteiger partial charge in [0.1, 0.15) is 5.69 Å². The highest BCUT2D eigenvalue weighted by Crippen LogP contribution is 2.14. The summed E-state index contributed by atoms with van der Waals surface area (Å²) in [5.74, 6) is 0.913. The van der Waals surface area contributed by atoms with Crippen LogP contribution in [0.1, 0.15) is 25.7 Å². The van der Waals surface area contributed by atoms with E-state index < -0.39 is 6.10 Å². The molecule has 0 aliphatic carbocycles. The number of aryl methyl sites for hydroxylation is 1. The molecule has 1 atom stereocenters. The van der Waals surface area contributed by atoms with Crippen LogP contribution in [0, 0.1) is 0 Å². The van der Waals surface area contributed by atoms with Crippen molar-refractivity contribution in [3.05, 3.63) is 18.2 Å². The molecule has 0 aromatic carbocycles. The zero-order chi connectivity index (χ0) is 12.3. The molecular formula is C11H16N4O2. The molecule has 1 N–H and O–H groups in total. The average Bonchev–Trinajstić information content (AvgIpc) is 2.87. The molecule has 0 saturated carbocycles. The fourth-order valence-electron chi connectivity index (χ4n) is 1.61. The zero-order valence-corrected chi connectivity index (χ0v) is 10.00. The van der Waals surface area contributed by atoms with Crippen LogP contribution < -0.4 is 0 Å². The van der Waals surface area contributed by atoms with Crippen LogP contribution in [0.15, 0.2) is 16.8 Å². The van der Waals surface area contributed by atoms with Crippen LogP contribution in [-0.4, -0.2) is 31.1 Å². The molecule has 6 heteroatoms. The summed E-state index contributed by atoms with van der Waals surface area (Å²) < 4.78 is 6.75. The van der Waals surface area contributed by atoms with E-state index in [0.29, 0.717) is 23.8 Å². The molecule has 17 heavy (non-hydrogen) atoms. The van der Waals surface area contributed by atoms with Gasteiger partial charge in [0.25, 0.3) is 0 Å². The van der Waals surface area contributed by atoms with Crippen molar-refractivity contribution < 1.29 is 9.63 Å². The molecule has 0 fully saturated rings. The standard InChI is InChI=1S/C11H16N4O2/c1-3-4-8(16)7-10-12-11(14-17-10)9-5-6-15(2)13-9/h5-6,8,16H,3-4,7H2,1-2H3. The van der Waals surface area contributed by atoms with Crippen LogP contribution in [0.5, 0.6) is 0 Å². The number of hydrogen-bond acceptors (Lipinski definition) is 5. The second kappa shape index (κ2) is 5.09. The topological polar surface area (TPSA) is 77.0 Å². The van der Waals surface area contributed by atoms with Gasteiger partial charge in [-0.1, -0.05) is 18.5 Å². The van der Waals surface area contributed by atoms with E-state index in [1.54, 1.807) is 4.68 Å². The summed E-state index contributed by atoms with van der Waals surface area (Å²) in [5.41, 5.74) is 0.674. The Balaban J connectivity index is 2.05. The Morgan fingerprint density at radius 2 is 2.35 bits per heavy atom. The Bertz CT molecular complexity index is 477. The first-order valence-corrected chi connectivity index (χ1v) is 5.69. The molecule has 2 rings (SSSR count). The molecule has 92 valence electrons. The minimum Gasteiger partial charge on any atom is -0.393 e. The van der Waals surface area contributed by atoms with Gasteiger partial charge in [-0.25, -0.2) is 0 Å². The van der Waals surface area contributed by atoms with Gasteiger partial charge < -0.3 is 9.63 Å². The Kier molecular flexibility index (Phi) is 3.53. The highest BCUT2D eigenvalue weighted by atomic mass is 16.5. The first-order valence-electron chi connectivity index (χ1n) is 5.69. The minimum absolute atomic E-state index is 0.397. The van der Waals surface area contributed by atoms with Gasteiger partial charge in [0, 0.05) is 13.2 Å². The van der Waals surface area contributed by atoms with Crippen LogP contribution in [0.2, 0.25) is 0 Å². The molecule has 0 aliphatic heterocycles. The molecule has 0 radical (unpaired) electrons. The highest BCUT2D eigenvalue weighted by Gasteiger charge is 2.13. The smallest absolute Gasteiger partial charge is 0.229 e. The van der Waals surface area contributed by atoms with Gasteiger partial charge in [0.05, 0.1) is 12.5 Å². The average molecular weight is 236 g/mol. The van der Waals surface area contributed by atoms with Crippen LogP contribution in [0.4, 0.5) is 0 Å². The Morgan fingerprint density at radius 1 is 1.53 bits per heavy atom. The number of hydrogen-bond donors (Lipinski definition) is 1. The van der Waals surface area contributed by atoms with Gasteiger partial charge in [-0.05, 0) is 12.5 Å². The summed E-state index contributed by atoms with van der Waals surface area (Å²) in [6.07, 6.45) is 3.46. The number of aromatic nitrogens is 4. The zero-order valence-electron chi connectivity index (χ0n) is 10.00. The molecule has 2 aromatic heterocycles. The van der Waals surface area contributed by atoms with E-state index in [1.807, 2.05) is 26.2 Å². The summed E-state index contributed by atoms with van der Waals surface area (Å²) in [5, 5.41) is 17.7. The molecule has 6 nitrogen and oxygen atoms in total. The number of nitrogens with zero attached hydrogens (tertiary/aromatic N) is 4. The lowest BCUT2D eigenvalue weighted by Gasteiger charge is -2.03. The highest BCUT2D eigenvalue weighted by molar-refractivity contribution is 5.46. The van der Waals surface area contributed by atoms with Crippen molar-refractivity contribution in [1.29, 1.82) is 0 Å². The van der Waals surface area contributed by atoms with Gasteiger partial charge in [-0.15, -0.1) is 0 Å². The maximum atomic E-state index is 9.64. The van der Waals surface area contributed by atoms with Gasteiger partial charge >= 0.3 is 0 Å². The lowest BCUT2D eigenvalue weighted by atomic mass is 10.1. The van der Waals surface area contributed by atoms with E-state index in [0.717, 1.165) is 12.8 Å². The fraction of sp³-hybridized carbons (Fsp3) is 0.545. The lowest BCUT2D eigenvalue weighted by molar-refractivity contribution is 0.152. The Hall–Kier alpha value is -1.69. The quantitative estimate of drug-likeness (QED) is 0.843. The maximum Gasteiger partial charge on any atom is 0.229 e. The number of rotatable bonds is 5. The second-order valence-electron chi connectivity index (χ2n) is 4.03. The van der Waals surface area contributed by atoms with Gasteiger partial charge in [-0.3, -0.25) is 4.68 Å². The molecule has 0 spiro atoms. The van der Waals surface area contributed by atoms with E-state index in [4.69, 9.17) is 4.52 Å². The predicted octanol–water partition coefficient (Wildman–Crippen LogP) is 1.17. The summed E-state index contributed by atoms with van der Waals surface area (Å²) in [6, 6.07) is 1.82. The normalized spacial score (nSPS) is 12.9. The van der Waals surface area contributed by atoms with E-state index in [2.05, 4.69) is 15.2 Å². The van der Waals surface area contributed by atoms with Crippen molar-refractivity contribution in [2.45, 2.75) is 32.3 Å². The minimum atomic E-state index is -0.419. The van der Waals surface area contributed by atoms with Crippen molar-refractivity contribution in [1.82, 2.24) is 19.9 Å². The van der Waals surface area contributed by atoms with Crippen molar-refractivity contribution in [2.24, 2.45) is 7.05 Å². The summed E-state index contributed by atoms with van der Waals surface area (Å²) >= 11 is 0. The van der Waals surface area contributed by atoms with Crippen LogP contribution >= 0.6 is 0 Å². The molecule has 0 amide bonds. The first-order chi connectivity index (χ1) is 8.19. The van der Waals surface area contributed by atoms with E-state index in [1.165, 1.54) is 0 Å². The lowest BCUT2D eigenvalue weighted by Crippen LogP contribution is -2.09. The van der Waals surface area contributed by atoms with Crippen molar-refractivity contribution in [2.75, 3.05) is 0 Å². The molecule has 0 saturated heterocycles. The van der Waals surface area contributed by atoms with E-state index in [9.17, 15) is 5.11 Å². The van der Waals surface area contributed by atoms with Crippen LogP contribution in [-0.2, 0) is 13.5 Å². The van der Waals surface area contributed by atoms with Crippen LogP contribution in [0.25, 0.3) is 11.5 Å². The van der Waals surface area contributed by atoms with Crippen LogP contribution in [0.3, 0.4) is 0 Å². The van der Waals surface area contributed by atoms with E-state index >= 15 is 0 Å². The van der Waals surface area contributed by atoms with Gasteiger partial charge in [0.2, 0.25) is 11.7 Å². The molecule has 1 unspecified atom stereocenters. The maximum absolute atomic E-state index is 9.64. The molecule has 2 aromatic rings. The van der Waals surface area contributed by atoms with Gasteiger partial charge in [0.15, 0.2) is 0 Å². The van der Waals surface area contributed by atoms with Crippen molar-refractivity contribution >= 4 is 0 Å². The Labute approximate surface area is 99.3 Å². The molecular weight excluding hydrogens is 220 g/mol.